The third kappa shape index (κ3) is 3.30. The molecule has 0 atom stereocenters. The number of hydrogen-bond acceptors (Lipinski definition) is 4. The molecular weight excluding hydrogens is 412 g/mol. The van der Waals surface area contributed by atoms with Gasteiger partial charge >= 0.3 is 0 Å². The second-order valence-electron chi connectivity index (χ2n) is 5.86. The second-order valence-corrected chi connectivity index (χ2v) is 7.83. The van der Waals surface area contributed by atoms with Crippen molar-refractivity contribution in [3.8, 4) is 16.2 Å². The van der Waals surface area contributed by atoms with Crippen molar-refractivity contribution < 1.29 is 4.74 Å². The van der Waals surface area contributed by atoms with Crippen LogP contribution in [-0.4, -0.2) is 16.7 Å². The van der Waals surface area contributed by atoms with Gasteiger partial charge in [0, 0.05) is 9.35 Å². The van der Waals surface area contributed by atoms with Crippen molar-refractivity contribution in [2.45, 2.75) is 6.54 Å². The Morgan fingerprint density at radius 2 is 1.85 bits per heavy atom. The SMILES string of the molecule is COc1ccc(-c2cc3ncn(Cc4ccc(Br)cc4)c(=O)c3s2)cc1. The highest BCUT2D eigenvalue weighted by Gasteiger charge is 2.11. The van der Waals surface area contributed by atoms with Crippen LogP contribution in [0.25, 0.3) is 20.7 Å². The van der Waals surface area contributed by atoms with Gasteiger partial charge in [0.05, 0.1) is 25.5 Å². The average molecular weight is 427 g/mol. The minimum Gasteiger partial charge on any atom is -0.497 e. The molecule has 2 aromatic carbocycles. The standard InChI is InChI=1S/C20H15BrN2O2S/c1-25-16-8-4-14(5-9-16)18-10-17-19(26-18)20(24)23(12-22-17)11-13-2-6-15(21)7-3-13/h2-10,12H,11H2,1H3. The lowest BCUT2D eigenvalue weighted by Gasteiger charge is -2.05. The largest absolute Gasteiger partial charge is 0.497 e. The van der Waals surface area contributed by atoms with E-state index >= 15 is 0 Å². The highest BCUT2D eigenvalue weighted by atomic mass is 79.9. The number of thiophene rings is 1. The molecule has 0 aliphatic rings. The Kier molecular flexibility index (Phi) is 4.61. The number of fused-ring (bicyclic) bond motifs is 1. The van der Waals surface area contributed by atoms with Crippen molar-refractivity contribution >= 4 is 37.5 Å². The van der Waals surface area contributed by atoms with Gasteiger partial charge in [-0.25, -0.2) is 4.98 Å². The first-order valence-corrected chi connectivity index (χ1v) is 9.63. The van der Waals surface area contributed by atoms with E-state index < -0.39 is 0 Å². The molecule has 0 spiro atoms. The third-order valence-electron chi connectivity index (χ3n) is 4.14. The van der Waals surface area contributed by atoms with Gasteiger partial charge in [0.25, 0.3) is 5.56 Å². The van der Waals surface area contributed by atoms with Crippen LogP contribution in [0.3, 0.4) is 0 Å². The van der Waals surface area contributed by atoms with Gasteiger partial charge in [0.15, 0.2) is 0 Å². The quantitative estimate of drug-likeness (QED) is 0.463. The number of methoxy groups -OCH3 is 1. The molecule has 0 radical (unpaired) electrons. The van der Waals surface area contributed by atoms with Gasteiger partial charge in [-0.15, -0.1) is 11.3 Å². The zero-order valence-corrected chi connectivity index (χ0v) is 16.4. The summed E-state index contributed by atoms with van der Waals surface area (Å²) in [6.45, 7) is 0.505. The summed E-state index contributed by atoms with van der Waals surface area (Å²) in [5, 5.41) is 0. The Labute approximate surface area is 162 Å². The Morgan fingerprint density at radius 1 is 1.12 bits per heavy atom. The fourth-order valence-corrected chi connectivity index (χ4v) is 4.07. The number of aromatic nitrogens is 2. The number of rotatable bonds is 4. The maximum Gasteiger partial charge on any atom is 0.271 e. The number of hydrogen-bond donors (Lipinski definition) is 0. The van der Waals surface area contributed by atoms with Crippen LogP contribution in [0.2, 0.25) is 0 Å². The normalized spacial score (nSPS) is 11.0. The Hall–Kier alpha value is -2.44. The Balaban J connectivity index is 1.71. The molecule has 0 fully saturated rings. The molecule has 0 N–H and O–H groups in total. The van der Waals surface area contributed by atoms with Crippen LogP contribution in [0.15, 0.2) is 70.2 Å². The number of nitrogens with zero attached hydrogens (tertiary/aromatic N) is 2. The fraction of sp³-hybridized carbons (Fsp3) is 0.100. The lowest BCUT2D eigenvalue weighted by Crippen LogP contribution is -2.20. The summed E-state index contributed by atoms with van der Waals surface area (Å²) in [7, 11) is 1.65. The van der Waals surface area contributed by atoms with Gasteiger partial charge in [0.1, 0.15) is 10.4 Å². The van der Waals surface area contributed by atoms with Gasteiger partial charge in [0.2, 0.25) is 0 Å². The molecule has 0 saturated carbocycles. The minimum absolute atomic E-state index is 0.0114. The fourth-order valence-electron chi connectivity index (χ4n) is 2.74. The zero-order chi connectivity index (χ0) is 18.1. The summed E-state index contributed by atoms with van der Waals surface area (Å²) >= 11 is 4.90. The topological polar surface area (TPSA) is 44.1 Å². The van der Waals surface area contributed by atoms with Gasteiger partial charge in [-0.1, -0.05) is 28.1 Å². The van der Waals surface area contributed by atoms with Gasteiger partial charge in [-0.05, 0) is 53.6 Å². The predicted octanol–water partition coefficient (Wildman–Crippen LogP) is 4.94. The Morgan fingerprint density at radius 3 is 2.54 bits per heavy atom. The zero-order valence-electron chi connectivity index (χ0n) is 14.0. The lowest BCUT2D eigenvalue weighted by molar-refractivity contribution is 0.415. The molecule has 2 heterocycles. The summed E-state index contributed by atoms with van der Waals surface area (Å²) in [6.07, 6.45) is 1.62. The first-order chi connectivity index (χ1) is 12.6. The molecule has 4 nitrogen and oxygen atoms in total. The van der Waals surface area contributed by atoms with E-state index in [0.29, 0.717) is 11.2 Å². The summed E-state index contributed by atoms with van der Waals surface area (Å²) in [5.74, 6) is 0.810. The Bertz CT molecular complexity index is 1120. The van der Waals surface area contributed by atoms with E-state index in [4.69, 9.17) is 4.74 Å². The lowest BCUT2D eigenvalue weighted by atomic mass is 10.2. The van der Waals surface area contributed by atoms with E-state index in [1.807, 2.05) is 54.6 Å². The molecule has 0 aliphatic carbocycles. The van der Waals surface area contributed by atoms with Crippen LogP contribution in [0.4, 0.5) is 0 Å². The van der Waals surface area contributed by atoms with Crippen molar-refractivity contribution in [2.24, 2.45) is 0 Å². The van der Waals surface area contributed by atoms with Gasteiger partial charge < -0.3 is 4.74 Å². The van der Waals surface area contributed by atoms with Gasteiger partial charge in [-0.2, -0.15) is 0 Å². The van der Waals surface area contributed by atoms with E-state index in [1.54, 1.807) is 18.0 Å². The van der Waals surface area contributed by atoms with E-state index in [0.717, 1.165) is 31.7 Å². The molecule has 4 aromatic rings. The van der Waals surface area contributed by atoms with E-state index in [-0.39, 0.29) is 5.56 Å². The van der Waals surface area contributed by atoms with Crippen molar-refractivity contribution in [1.29, 1.82) is 0 Å². The monoisotopic (exact) mass is 426 g/mol. The van der Waals surface area contributed by atoms with E-state index in [1.165, 1.54) is 11.3 Å². The summed E-state index contributed by atoms with van der Waals surface area (Å²) < 4.78 is 8.54. The average Bonchev–Trinajstić information content (AvgIpc) is 3.11. The maximum atomic E-state index is 12.8. The van der Waals surface area contributed by atoms with Crippen LogP contribution in [-0.2, 0) is 6.54 Å². The summed E-state index contributed by atoms with van der Waals surface area (Å²) in [5.41, 5.74) is 2.83. The molecule has 130 valence electrons. The molecule has 0 amide bonds. The predicted molar refractivity (Wildman–Crippen MR) is 109 cm³/mol. The van der Waals surface area contributed by atoms with Crippen LogP contribution in [0, 0.1) is 0 Å². The van der Waals surface area contributed by atoms with Gasteiger partial charge in [-0.3, -0.25) is 9.36 Å². The molecular formula is C20H15BrN2O2S. The molecule has 0 bridgehead atoms. The molecule has 2 aromatic heterocycles. The first kappa shape index (κ1) is 17.0. The molecule has 0 aliphatic heterocycles. The molecule has 0 unspecified atom stereocenters. The molecule has 26 heavy (non-hydrogen) atoms. The third-order valence-corrected chi connectivity index (χ3v) is 5.83. The first-order valence-electron chi connectivity index (χ1n) is 8.02. The second kappa shape index (κ2) is 7.05. The van der Waals surface area contributed by atoms with E-state index in [9.17, 15) is 4.79 Å². The highest BCUT2D eigenvalue weighted by molar-refractivity contribution is 9.10. The number of ether oxygens (including phenoxy) is 1. The molecule has 6 heteroatoms. The highest BCUT2D eigenvalue weighted by Crippen LogP contribution is 2.31. The van der Waals surface area contributed by atoms with Crippen LogP contribution >= 0.6 is 27.3 Å². The molecule has 0 saturated heterocycles. The number of halogens is 1. The summed E-state index contributed by atoms with van der Waals surface area (Å²) in [6, 6.07) is 17.7. The van der Waals surface area contributed by atoms with Crippen LogP contribution in [0.5, 0.6) is 5.75 Å². The maximum absolute atomic E-state index is 12.8. The minimum atomic E-state index is -0.0114. The van der Waals surface area contributed by atoms with Crippen molar-refractivity contribution in [3.63, 3.8) is 0 Å². The van der Waals surface area contributed by atoms with E-state index in [2.05, 4.69) is 20.9 Å². The smallest absolute Gasteiger partial charge is 0.271 e. The van der Waals surface area contributed by atoms with Crippen molar-refractivity contribution in [2.75, 3.05) is 7.11 Å². The summed E-state index contributed by atoms with van der Waals surface area (Å²) in [4.78, 5) is 18.3. The molecule has 4 rings (SSSR count). The van der Waals surface area contributed by atoms with Crippen molar-refractivity contribution in [3.05, 3.63) is 81.3 Å². The van der Waals surface area contributed by atoms with Crippen LogP contribution < -0.4 is 10.3 Å². The van der Waals surface area contributed by atoms with Crippen molar-refractivity contribution in [1.82, 2.24) is 9.55 Å². The number of benzene rings is 2. The van der Waals surface area contributed by atoms with Crippen LogP contribution in [0.1, 0.15) is 5.56 Å².